The highest BCUT2D eigenvalue weighted by atomic mass is 32.1. The van der Waals surface area contributed by atoms with Crippen molar-refractivity contribution in [2.45, 2.75) is 20.0 Å². The van der Waals surface area contributed by atoms with E-state index >= 15 is 0 Å². The molecule has 0 atom stereocenters. The quantitative estimate of drug-likeness (QED) is 0.756. The zero-order valence-electron chi connectivity index (χ0n) is 13.1. The fraction of sp³-hybridized carbons (Fsp3) is 0.412. The van der Waals surface area contributed by atoms with Crippen molar-refractivity contribution in [2.24, 2.45) is 0 Å². The second-order valence-electron chi connectivity index (χ2n) is 5.27. The highest BCUT2D eigenvalue weighted by Crippen LogP contribution is 2.20. The number of hydrogen-bond donors (Lipinski definition) is 1. The molecule has 0 aliphatic heterocycles. The Bertz CT molecular complexity index is 540. The summed E-state index contributed by atoms with van der Waals surface area (Å²) in [4.78, 5) is 2.29. The molecule has 0 aliphatic carbocycles. The normalized spacial score (nSPS) is 10.8. The van der Waals surface area contributed by atoms with Crippen molar-refractivity contribution >= 4 is 17.0 Å². The molecule has 1 aromatic heterocycles. The van der Waals surface area contributed by atoms with Crippen LogP contribution in [0.5, 0.6) is 0 Å². The molecular weight excluding hydrogens is 280 g/mol. The van der Waals surface area contributed by atoms with Crippen LogP contribution in [0.1, 0.15) is 16.7 Å². The van der Waals surface area contributed by atoms with Crippen LogP contribution in [-0.2, 0) is 17.8 Å². The maximum atomic E-state index is 5.04. The van der Waals surface area contributed by atoms with Gasteiger partial charge in [0.1, 0.15) is 0 Å². The van der Waals surface area contributed by atoms with Crippen LogP contribution in [0.15, 0.2) is 35.0 Å². The van der Waals surface area contributed by atoms with Gasteiger partial charge in [-0.1, -0.05) is 6.07 Å². The summed E-state index contributed by atoms with van der Waals surface area (Å²) in [5.74, 6) is 0. The van der Waals surface area contributed by atoms with E-state index in [2.05, 4.69) is 59.2 Å². The molecule has 21 heavy (non-hydrogen) atoms. The van der Waals surface area contributed by atoms with E-state index in [-0.39, 0.29) is 0 Å². The van der Waals surface area contributed by atoms with Gasteiger partial charge in [0.15, 0.2) is 0 Å². The van der Waals surface area contributed by atoms with Gasteiger partial charge >= 0.3 is 0 Å². The second-order valence-corrected chi connectivity index (χ2v) is 6.05. The molecule has 0 unspecified atom stereocenters. The van der Waals surface area contributed by atoms with Crippen molar-refractivity contribution in [3.63, 3.8) is 0 Å². The molecule has 0 amide bonds. The number of anilines is 1. The lowest BCUT2D eigenvalue weighted by Gasteiger charge is -2.20. The number of rotatable bonds is 8. The summed E-state index contributed by atoms with van der Waals surface area (Å²) in [5, 5.41) is 7.73. The first-order valence-corrected chi connectivity index (χ1v) is 8.16. The van der Waals surface area contributed by atoms with Gasteiger partial charge < -0.3 is 15.0 Å². The van der Waals surface area contributed by atoms with Crippen molar-refractivity contribution < 1.29 is 4.74 Å². The van der Waals surface area contributed by atoms with Crippen molar-refractivity contribution in [3.05, 3.63) is 51.7 Å². The lowest BCUT2D eigenvalue weighted by atomic mass is 10.1. The third-order valence-electron chi connectivity index (χ3n) is 3.57. The first kappa shape index (κ1) is 16.0. The van der Waals surface area contributed by atoms with Gasteiger partial charge in [0, 0.05) is 39.5 Å². The predicted molar refractivity (Wildman–Crippen MR) is 91.2 cm³/mol. The molecular formula is C17H24N2OS. The molecule has 0 radical (unpaired) electrons. The molecule has 0 fully saturated rings. The lowest BCUT2D eigenvalue weighted by Crippen LogP contribution is -2.19. The fourth-order valence-electron chi connectivity index (χ4n) is 2.26. The van der Waals surface area contributed by atoms with Crippen molar-refractivity contribution in [2.75, 3.05) is 32.2 Å². The first-order valence-electron chi connectivity index (χ1n) is 7.22. The minimum absolute atomic E-state index is 0.751. The van der Waals surface area contributed by atoms with E-state index in [4.69, 9.17) is 4.74 Å². The Kier molecular flexibility index (Phi) is 6.23. The molecule has 114 valence electrons. The Morgan fingerprint density at radius 2 is 2.14 bits per heavy atom. The molecule has 0 spiro atoms. The number of nitrogens with zero attached hydrogens (tertiary/aromatic N) is 1. The molecule has 0 saturated heterocycles. The van der Waals surface area contributed by atoms with Gasteiger partial charge in [-0.3, -0.25) is 0 Å². The minimum Gasteiger partial charge on any atom is -0.383 e. The van der Waals surface area contributed by atoms with Crippen molar-refractivity contribution in [1.82, 2.24) is 5.32 Å². The molecule has 0 bridgehead atoms. The highest BCUT2D eigenvalue weighted by molar-refractivity contribution is 7.07. The van der Waals surface area contributed by atoms with Gasteiger partial charge in [-0.05, 0) is 52.6 Å². The van der Waals surface area contributed by atoms with Gasteiger partial charge in [-0.2, -0.15) is 11.3 Å². The van der Waals surface area contributed by atoms with Gasteiger partial charge in [0.05, 0.1) is 6.61 Å². The minimum atomic E-state index is 0.751. The number of thiophene rings is 1. The zero-order valence-corrected chi connectivity index (χ0v) is 13.9. The number of ether oxygens (including phenoxy) is 1. The van der Waals surface area contributed by atoms with Crippen LogP contribution in [0.2, 0.25) is 0 Å². The molecule has 1 N–H and O–H groups in total. The number of benzene rings is 1. The van der Waals surface area contributed by atoms with Crippen LogP contribution in [0.3, 0.4) is 0 Å². The van der Waals surface area contributed by atoms with Crippen LogP contribution in [-0.4, -0.2) is 27.3 Å². The van der Waals surface area contributed by atoms with Crippen LogP contribution in [0, 0.1) is 6.92 Å². The van der Waals surface area contributed by atoms with E-state index in [9.17, 15) is 0 Å². The van der Waals surface area contributed by atoms with Crippen LogP contribution in [0.25, 0.3) is 0 Å². The monoisotopic (exact) mass is 304 g/mol. The standard InChI is InChI=1S/C17H24N2OS/c1-14-10-17(19(2)12-15-6-9-21-13-15)5-4-16(14)11-18-7-8-20-3/h4-6,9-10,13,18H,7-8,11-12H2,1-3H3. The topological polar surface area (TPSA) is 24.5 Å². The van der Waals surface area contributed by atoms with E-state index in [1.165, 1.54) is 22.4 Å². The lowest BCUT2D eigenvalue weighted by molar-refractivity contribution is 0.199. The molecule has 1 heterocycles. The number of aryl methyl sites for hydroxylation is 1. The molecule has 2 rings (SSSR count). The van der Waals surface area contributed by atoms with Gasteiger partial charge in [-0.15, -0.1) is 0 Å². The number of nitrogens with one attached hydrogen (secondary N) is 1. The predicted octanol–water partition coefficient (Wildman–Crippen LogP) is 3.43. The Morgan fingerprint density at radius 1 is 1.29 bits per heavy atom. The van der Waals surface area contributed by atoms with E-state index in [1.54, 1.807) is 18.4 Å². The highest BCUT2D eigenvalue weighted by Gasteiger charge is 2.05. The van der Waals surface area contributed by atoms with Crippen molar-refractivity contribution in [1.29, 1.82) is 0 Å². The first-order chi connectivity index (χ1) is 10.2. The Labute approximate surface area is 131 Å². The third kappa shape index (κ3) is 4.84. The van der Waals surface area contributed by atoms with Crippen molar-refractivity contribution in [3.8, 4) is 0 Å². The Hall–Kier alpha value is -1.36. The summed E-state index contributed by atoms with van der Waals surface area (Å²) in [7, 11) is 3.87. The summed E-state index contributed by atoms with van der Waals surface area (Å²) in [6.45, 7) is 5.66. The molecule has 3 nitrogen and oxygen atoms in total. The molecule has 1 aromatic carbocycles. The molecule has 0 aliphatic rings. The van der Waals surface area contributed by atoms with E-state index in [0.717, 1.165) is 26.2 Å². The average molecular weight is 304 g/mol. The van der Waals surface area contributed by atoms with Crippen LogP contribution < -0.4 is 10.2 Å². The molecule has 2 aromatic rings. The number of methoxy groups -OCH3 is 1. The van der Waals surface area contributed by atoms with E-state index < -0.39 is 0 Å². The molecule has 4 heteroatoms. The Morgan fingerprint density at radius 3 is 2.81 bits per heavy atom. The fourth-order valence-corrected chi connectivity index (χ4v) is 2.92. The average Bonchev–Trinajstić information content (AvgIpc) is 2.97. The van der Waals surface area contributed by atoms with Crippen LogP contribution in [0.4, 0.5) is 5.69 Å². The van der Waals surface area contributed by atoms with Crippen LogP contribution >= 0.6 is 11.3 Å². The summed E-state index contributed by atoms with van der Waals surface area (Å²) in [6.07, 6.45) is 0. The second kappa shape index (κ2) is 8.17. The number of hydrogen-bond acceptors (Lipinski definition) is 4. The summed E-state index contributed by atoms with van der Waals surface area (Å²) in [5.41, 5.74) is 5.30. The summed E-state index contributed by atoms with van der Waals surface area (Å²) < 4.78 is 5.04. The zero-order chi connectivity index (χ0) is 15.1. The molecule has 0 saturated carbocycles. The Balaban J connectivity index is 1.94. The SMILES string of the molecule is COCCNCc1ccc(N(C)Cc2ccsc2)cc1C. The maximum Gasteiger partial charge on any atom is 0.0587 e. The van der Waals surface area contributed by atoms with Gasteiger partial charge in [0.25, 0.3) is 0 Å². The van der Waals surface area contributed by atoms with Gasteiger partial charge in [0.2, 0.25) is 0 Å². The summed E-state index contributed by atoms with van der Waals surface area (Å²) in [6, 6.07) is 8.86. The van der Waals surface area contributed by atoms with E-state index in [0.29, 0.717) is 0 Å². The maximum absolute atomic E-state index is 5.04. The smallest absolute Gasteiger partial charge is 0.0587 e. The third-order valence-corrected chi connectivity index (χ3v) is 4.30. The summed E-state index contributed by atoms with van der Waals surface area (Å²) >= 11 is 1.75. The largest absolute Gasteiger partial charge is 0.383 e. The van der Waals surface area contributed by atoms with E-state index in [1.807, 2.05) is 0 Å². The van der Waals surface area contributed by atoms with Gasteiger partial charge in [-0.25, -0.2) is 0 Å².